The van der Waals surface area contributed by atoms with E-state index in [0.29, 0.717) is 17.3 Å². The highest BCUT2D eigenvalue weighted by atomic mass is 32.2. The predicted octanol–water partition coefficient (Wildman–Crippen LogP) is 4.06. The van der Waals surface area contributed by atoms with Crippen molar-refractivity contribution in [2.75, 3.05) is 11.5 Å². The largest absolute Gasteiger partial charge is 0.398 e. The zero-order chi connectivity index (χ0) is 12.0. The lowest BCUT2D eigenvalue weighted by molar-refractivity contribution is 0.307. The number of fused-ring (bicyclic) bond motifs is 3. The van der Waals surface area contributed by atoms with E-state index < -0.39 is 0 Å². The topological polar surface area (TPSA) is 26.0 Å². The van der Waals surface area contributed by atoms with Gasteiger partial charge in [0.15, 0.2) is 0 Å². The Labute approximate surface area is 107 Å². The number of hydrogen-bond donors (Lipinski definition) is 1. The molecule has 0 amide bonds. The molecule has 3 unspecified atom stereocenters. The fourth-order valence-corrected chi connectivity index (χ4v) is 4.46. The summed E-state index contributed by atoms with van der Waals surface area (Å²) in [5.74, 6) is 2.45. The standard InChI is InChI=1S/C15H19NS/c1-10-6-7-15(2)9-17-13-5-3-4-12(16)14(13)11(15)8-10/h3-7,10-11H,8-9,16H2,1-2H3. The van der Waals surface area contributed by atoms with Gasteiger partial charge in [-0.3, -0.25) is 0 Å². The first-order valence-electron chi connectivity index (χ1n) is 6.31. The minimum atomic E-state index is 0.291. The van der Waals surface area contributed by atoms with E-state index in [-0.39, 0.29) is 0 Å². The van der Waals surface area contributed by atoms with Crippen molar-refractivity contribution in [1.29, 1.82) is 0 Å². The Morgan fingerprint density at radius 2 is 2.24 bits per heavy atom. The third kappa shape index (κ3) is 1.70. The number of hydrogen-bond acceptors (Lipinski definition) is 2. The lowest BCUT2D eigenvalue weighted by Gasteiger charge is -2.44. The van der Waals surface area contributed by atoms with E-state index in [9.17, 15) is 0 Å². The molecule has 0 radical (unpaired) electrons. The van der Waals surface area contributed by atoms with Crippen LogP contribution in [0.25, 0.3) is 0 Å². The van der Waals surface area contributed by atoms with Gasteiger partial charge in [0.05, 0.1) is 0 Å². The Kier molecular flexibility index (Phi) is 2.51. The number of rotatable bonds is 0. The molecule has 1 aliphatic carbocycles. The van der Waals surface area contributed by atoms with E-state index in [1.165, 1.54) is 22.6 Å². The molecule has 2 N–H and O–H groups in total. The van der Waals surface area contributed by atoms with Gasteiger partial charge in [0.2, 0.25) is 0 Å². The summed E-state index contributed by atoms with van der Waals surface area (Å²) < 4.78 is 0. The molecule has 0 saturated carbocycles. The van der Waals surface area contributed by atoms with Crippen LogP contribution in [-0.2, 0) is 0 Å². The minimum Gasteiger partial charge on any atom is -0.398 e. The summed E-state index contributed by atoms with van der Waals surface area (Å²) in [4.78, 5) is 1.40. The summed E-state index contributed by atoms with van der Waals surface area (Å²) in [7, 11) is 0. The molecule has 1 nitrogen and oxygen atoms in total. The van der Waals surface area contributed by atoms with Crippen LogP contribution >= 0.6 is 11.8 Å². The molecule has 0 spiro atoms. The Morgan fingerprint density at radius 3 is 3.06 bits per heavy atom. The molecule has 0 aromatic heterocycles. The normalized spacial score (nSPS) is 35.2. The monoisotopic (exact) mass is 245 g/mol. The Bertz CT molecular complexity index is 480. The summed E-state index contributed by atoms with van der Waals surface area (Å²) in [6, 6.07) is 6.35. The third-order valence-electron chi connectivity index (χ3n) is 4.20. The molecule has 17 heavy (non-hydrogen) atoms. The van der Waals surface area contributed by atoms with E-state index in [4.69, 9.17) is 5.73 Å². The van der Waals surface area contributed by atoms with Gasteiger partial charge in [-0.1, -0.05) is 32.1 Å². The predicted molar refractivity (Wildman–Crippen MR) is 75.3 cm³/mol. The van der Waals surface area contributed by atoms with Gasteiger partial charge in [-0.2, -0.15) is 0 Å². The van der Waals surface area contributed by atoms with Crippen molar-refractivity contribution in [1.82, 2.24) is 0 Å². The molecule has 2 heteroatoms. The van der Waals surface area contributed by atoms with Crippen LogP contribution in [0.2, 0.25) is 0 Å². The summed E-state index contributed by atoms with van der Waals surface area (Å²) in [6.45, 7) is 4.68. The summed E-state index contributed by atoms with van der Waals surface area (Å²) in [6.07, 6.45) is 6.03. The minimum absolute atomic E-state index is 0.291. The van der Waals surface area contributed by atoms with Crippen molar-refractivity contribution < 1.29 is 0 Å². The van der Waals surface area contributed by atoms with Crippen LogP contribution in [0, 0.1) is 11.3 Å². The molecule has 0 fully saturated rings. The maximum absolute atomic E-state index is 6.22. The van der Waals surface area contributed by atoms with E-state index in [0.717, 1.165) is 5.69 Å². The van der Waals surface area contributed by atoms with Gasteiger partial charge in [0.1, 0.15) is 0 Å². The highest BCUT2D eigenvalue weighted by molar-refractivity contribution is 7.99. The molecule has 1 aromatic rings. The zero-order valence-corrected chi connectivity index (χ0v) is 11.3. The van der Waals surface area contributed by atoms with Gasteiger partial charge in [0.25, 0.3) is 0 Å². The fraction of sp³-hybridized carbons (Fsp3) is 0.467. The van der Waals surface area contributed by atoms with Gasteiger partial charge in [0, 0.05) is 21.8 Å². The molecule has 1 aromatic carbocycles. The molecule has 90 valence electrons. The van der Waals surface area contributed by atoms with Crippen LogP contribution in [-0.4, -0.2) is 5.75 Å². The van der Waals surface area contributed by atoms with E-state index in [1.807, 2.05) is 17.8 Å². The number of nitrogens with two attached hydrogens (primary N) is 1. The molecule has 1 aliphatic heterocycles. The Morgan fingerprint density at radius 1 is 1.41 bits per heavy atom. The van der Waals surface area contributed by atoms with Gasteiger partial charge in [-0.05, 0) is 36.0 Å². The van der Waals surface area contributed by atoms with Crippen LogP contribution in [0.5, 0.6) is 0 Å². The van der Waals surface area contributed by atoms with E-state index >= 15 is 0 Å². The van der Waals surface area contributed by atoms with Crippen molar-refractivity contribution >= 4 is 17.4 Å². The first kappa shape index (κ1) is 11.2. The number of benzene rings is 1. The van der Waals surface area contributed by atoms with E-state index in [2.05, 4.69) is 38.1 Å². The summed E-state index contributed by atoms with van der Waals surface area (Å²) in [5.41, 5.74) is 8.89. The van der Waals surface area contributed by atoms with Crippen LogP contribution < -0.4 is 5.73 Å². The van der Waals surface area contributed by atoms with Gasteiger partial charge in [-0.25, -0.2) is 0 Å². The van der Waals surface area contributed by atoms with Crippen molar-refractivity contribution in [3.63, 3.8) is 0 Å². The second-order valence-corrected chi connectivity index (χ2v) is 6.70. The molecular formula is C15H19NS. The molecule has 1 heterocycles. The second-order valence-electron chi connectivity index (χ2n) is 5.68. The lowest BCUT2D eigenvalue weighted by Crippen LogP contribution is -2.34. The summed E-state index contributed by atoms with van der Waals surface area (Å²) in [5, 5.41) is 0. The van der Waals surface area contributed by atoms with Gasteiger partial charge < -0.3 is 5.73 Å². The molecule has 0 bridgehead atoms. The maximum Gasteiger partial charge on any atom is 0.0361 e. The fourth-order valence-electron chi connectivity index (χ4n) is 3.11. The maximum atomic E-state index is 6.22. The van der Waals surface area contributed by atoms with E-state index in [1.54, 1.807) is 0 Å². The summed E-state index contributed by atoms with van der Waals surface area (Å²) >= 11 is 1.96. The average molecular weight is 245 g/mol. The lowest BCUT2D eigenvalue weighted by atomic mass is 9.66. The molecular weight excluding hydrogens is 226 g/mol. The first-order chi connectivity index (χ1) is 8.10. The number of anilines is 1. The molecule has 2 aliphatic rings. The SMILES string of the molecule is CC1C=CC2(C)CSc3cccc(N)c3C2C1. The van der Waals surface area contributed by atoms with Crippen molar-refractivity contribution in [2.45, 2.75) is 31.1 Å². The Hall–Kier alpha value is -0.890. The molecule has 3 rings (SSSR count). The van der Waals surface area contributed by atoms with Gasteiger partial charge >= 0.3 is 0 Å². The Balaban J connectivity index is 2.14. The number of allylic oxidation sites excluding steroid dienone is 2. The third-order valence-corrected chi connectivity index (χ3v) is 5.63. The van der Waals surface area contributed by atoms with Crippen molar-refractivity contribution in [3.8, 4) is 0 Å². The van der Waals surface area contributed by atoms with Crippen LogP contribution in [0.4, 0.5) is 5.69 Å². The number of thioether (sulfide) groups is 1. The van der Waals surface area contributed by atoms with Gasteiger partial charge in [-0.15, -0.1) is 11.8 Å². The average Bonchev–Trinajstić information content (AvgIpc) is 2.31. The number of nitrogen functional groups attached to an aromatic ring is 1. The zero-order valence-electron chi connectivity index (χ0n) is 10.4. The first-order valence-corrected chi connectivity index (χ1v) is 7.29. The second kappa shape index (κ2) is 3.81. The molecule has 3 atom stereocenters. The highest BCUT2D eigenvalue weighted by Gasteiger charge is 2.41. The van der Waals surface area contributed by atoms with Crippen molar-refractivity contribution in [3.05, 3.63) is 35.9 Å². The quantitative estimate of drug-likeness (QED) is 0.551. The van der Waals surface area contributed by atoms with Crippen LogP contribution in [0.1, 0.15) is 31.7 Å². The van der Waals surface area contributed by atoms with Crippen molar-refractivity contribution in [2.24, 2.45) is 11.3 Å². The van der Waals surface area contributed by atoms with Crippen LogP contribution in [0.15, 0.2) is 35.2 Å². The van der Waals surface area contributed by atoms with Crippen LogP contribution in [0.3, 0.4) is 0 Å². The highest BCUT2D eigenvalue weighted by Crippen LogP contribution is 2.55. The smallest absolute Gasteiger partial charge is 0.0361 e. The molecule has 0 saturated heterocycles.